The number of piperidine rings is 1. The lowest BCUT2D eigenvalue weighted by Crippen LogP contribution is -2.50. The number of amides is 1. The summed E-state index contributed by atoms with van der Waals surface area (Å²) in [5.41, 5.74) is -0.426. The van der Waals surface area contributed by atoms with E-state index in [2.05, 4.69) is 27.0 Å². The average Bonchev–Trinajstić information content (AvgIpc) is 2.61. The summed E-state index contributed by atoms with van der Waals surface area (Å²) in [7, 11) is 1.87. The minimum absolute atomic E-state index is 0.191. The van der Waals surface area contributed by atoms with Crippen LogP contribution in [0.1, 0.15) is 47.0 Å². The number of likely N-dealkylation sites (tertiary alicyclic amines) is 1. The number of guanidine groups is 1. The van der Waals surface area contributed by atoms with Crippen LogP contribution >= 0.6 is 0 Å². The van der Waals surface area contributed by atoms with Crippen LogP contribution in [0, 0.1) is 5.92 Å². The lowest BCUT2D eigenvalue weighted by molar-refractivity contribution is 0.0145. The topological polar surface area (TPSA) is 60.4 Å². The molecule has 0 spiro atoms. The van der Waals surface area contributed by atoms with Crippen molar-refractivity contribution in [1.29, 1.82) is 0 Å². The molecule has 0 aromatic rings. The third-order valence-corrected chi connectivity index (χ3v) is 5.13. The first-order valence-corrected chi connectivity index (χ1v) is 10.4. The van der Waals surface area contributed by atoms with Gasteiger partial charge in [0.1, 0.15) is 5.60 Å². The zero-order valence-electron chi connectivity index (χ0n) is 18.0. The molecule has 2 rings (SSSR count). The molecule has 7 heteroatoms. The van der Waals surface area contributed by atoms with E-state index in [-0.39, 0.29) is 6.09 Å². The first-order valence-electron chi connectivity index (χ1n) is 10.4. The smallest absolute Gasteiger partial charge is 0.410 e. The van der Waals surface area contributed by atoms with E-state index in [0.717, 1.165) is 70.7 Å². The van der Waals surface area contributed by atoms with Crippen molar-refractivity contribution in [1.82, 2.24) is 20.0 Å². The van der Waals surface area contributed by atoms with Crippen LogP contribution in [0.4, 0.5) is 4.79 Å². The van der Waals surface area contributed by atoms with Crippen LogP contribution in [0.15, 0.2) is 4.99 Å². The maximum atomic E-state index is 12.1. The van der Waals surface area contributed by atoms with E-state index in [1.807, 2.05) is 32.7 Å². The fraction of sp³-hybridized carbons (Fsp3) is 0.900. The SMILES string of the molecule is CN=C(NCCCN1CCN(C(=O)OC(C)(C)C)CC1)N1CCCC(C)C1. The summed E-state index contributed by atoms with van der Waals surface area (Å²) in [4.78, 5) is 23.2. The predicted octanol–water partition coefficient (Wildman–Crippen LogP) is 2.24. The standard InChI is InChI=1S/C20H39N5O2/c1-17-8-6-11-25(16-17)18(21-5)22-9-7-10-23-12-14-24(15-13-23)19(26)27-20(2,3)4/h17H,6-16H2,1-5H3,(H,21,22). The second-order valence-corrected chi connectivity index (χ2v) is 8.83. The fourth-order valence-electron chi connectivity index (χ4n) is 3.70. The van der Waals surface area contributed by atoms with E-state index < -0.39 is 5.60 Å². The molecule has 0 radical (unpaired) electrons. The molecule has 2 aliphatic rings. The first-order chi connectivity index (χ1) is 12.8. The van der Waals surface area contributed by atoms with Gasteiger partial charge in [0.05, 0.1) is 0 Å². The first kappa shape index (κ1) is 21.8. The Kier molecular flexibility index (Phi) is 8.20. The van der Waals surface area contributed by atoms with Crippen LogP contribution < -0.4 is 5.32 Å². The van der Waals surface area contributed by atoms with Crippen molar-refractivity contribution in [2.75, 3.05) is 59.4 Å². The van der Waals surface area contributed by atoms with Gasteiger partial charge in [-0.2, -0.15) is 0 Å². The molecule has 1 amide bonds. The molecule has 2 saturated heterocycles. The molecule has 1 atom stereocenters. The Hall–Kier alpha value is -1.50. The number of carbonyl (C=O) groups is 1. The molecule has 0 saturated carbocycles. The predicted molar refractivity (Wildman–Crippen MR) is 110 cm³/mol. The van der Waals surface area contributed by atoms with Gasteiger partial charge in [0.25, 0.3) is 0 Å². The molecule has 2 heterocycles. The molecule has 1 N–H and O–H groups in total. The Morgan fingerprint density at radius 3 is 2.44 bits per heavy atom. The second kappa shape index (κ2) is 10.2. The fourth-order valence-corrected chi connectivity index (χ4v) is 3.70. The Balaban J connectivity index is 1.62. The number of rotatable bonds is 4. The largest absolute Gasteiger partial charge is 0.444 e. The third-order valence-electron chi connectivity index (χ3n) is 5.13. The molecule has 27 heavy (non-hydrogen) atoms. The van der Waals surface area contributed by atoms with E-state index in [1.165, 1.54) is 12.8 Å². The van der Waals surface area contributed by atoms with E-state index in [1.54, 1.807) is 0 Å². The van der Waals surface area contributed by atoms with E-state index in [4.69, 9.17) is 4.74 Å². The highest BCUT2D eigenvalue weighted by Crippen LogP contribution is 2.15. The maximum absolute atomic E-state index is 12.1. The monoisotopic (exact) mass is 381 g/mol. The number of aliphatic imine (C=N–C) groups is 1. The van der Waals surface area contributed by atoms with Crippen LogP contribution in [0.25, 0.3) is 0 Å². The number of ether oxygens (including phenoxy) is 1. The summed E-state index contributed by atoms with van der Waals surface area (Å²) < 4.78 is 5.46. The van der Waals surface area contributed by atoms with Gasteiger partial charge in [0.15, 0.2) is 5.96 Å². The summed E-state index contributed by atoms with van der Waals surface area (Å²) in [5.74, 6) is 1.79. The van der Waals surface area contributed by atoms with Crippen LogP contribution in [0.3, 0.4) is 0 Å². The molecule has 2 fully saturated rings. The second-order valence-electron chi connectivity index (χ2n) is 8.83. The lowest BCUT2D eigenvalue weighted by atomic mass is 10.0. The number of hydrogen-bond donors (Lipinski definition) is 1. The molecular weight excluding hydrogens is 342 g/mol. The van der Waals surface area contributed by atoms with Crippen molar-refractivity contribution in [2.24, 2.45) is 10.9 Å². The Morgan fingerprint density at radius 1 is 1.15 bits per heavy atom. The molecule has 2 aliphatic heterocycles. The molecule has 1 unspecified atom stereocenters. The van der Waals surface area contributed by atoms with Crippen molar-refractivity contribution in [2.45, 2.75) is 52.6 Å². The number of nitrogens with one attached hydrogen (secondary N) is 1. The summed E-state index contributed by atoms with van der Waals surface area (Å²) in [6.07, 6.45) is 3.46. The number of piperazine rings is 1. The van der Waals surface area contributed by atoms with Gasteiger partial charge in [-0.3, -0.25) is 9.89 Å². The Morgan fingerprint density at radius 2 is 1.85 bits per heavy atom. The summed E-state index contributed by atoms with van der Waals surface area (Å²) >= 11 is 0. The van der Waals surface area contributed by atoms with Gasteiger partial charge in [-0.1, -0.05) is 6.92 Å². The van der Waals surface area contributed by atoms with Crippen molar-refractivity contribution in [3.8, 4) is 0 Å². The van der Waals surface area contributed by atoms with Crippen LogP contribution in [-0.2, 0) is 4.74 Å². The van der Waals surface area contributed by atoms with Gasteiger partial charge in [-0.15, -0.1) is 0 Å². The zero-order chi connectivity index (χ0) is 19.9. The summed E-state index contributed by atoms with van der Waals surface area (Å²) in [5, 5.41) is 3.52. The average molecular weight is 382 g/mol. The minimum Gasteiger partial charge on any atom is -0.444 e. The number of hydrogen-bond acceptors (Lipinski definition) is 4. The highest BCUT2D eigenvalue weighted by molar-refractivity contribution is 5.79. The Labute approximate surface area is 165 Å². The quantitative estimate of drug-likeness (QED) is 0.460. The Bertz CT molecular complexity index is 495. The third kappa shape index (κ3) is 7.56. The lowest BCUT2D eigenvalue weighted by Gasteiger charge is -2.36. The summed E-state index contributed by atoms with van der Waals surface area (Å²) in [6.45, 7) is 15.6. The van der Waals surface area contributed by atoms with Crippen molar-refractivity contribution < 1.29 is 9.53 Å². The number of carbonyl (C=O) groups excluding carboxylic acids is 1. The highest BCUT2D eigenvalue weighted by atomic mass is 16.6. The van der Waals surface area contributed by atoms with Gasteiger partial charge in [-0.05, 0) is 52.5 Å². The van der Waals surface area contributed by atoms with Crippen molar-refractivity contribution in [3.05, 3.63) is 0 Å². The van der Waals surface area contributed by atoms with Gasteiger partial charge >= 0.3 is 6.09 Å². The molecule has 0 aromatic carbocycles. The zero-order valence-corrected chi connectivity index (χ0v) is 18.0. The highest BCUT2D eigenvalue weighted by Gasteiger charge is 2.25. The minimum atomic E-state index is -0.426. The normalized spacial score (nSPS) is 22.7. The maximum Gasteiger partial charge on any atom is 0.410 e. The summed E-state index contributed by atoms with van der Waals surface area (Å²) in [6, 6.07) is 0. The van der Waals surface area contributed by atoms with Crippen LogP contribution in [0.2, 0.25) is 0 Å². The molecule has 0 aliphatic carbocycles. The van der Waals surface area contributed by atoms with Gasteiger partial charge in [0.2, 0.25) is 0 Å². The van der Waals surface area contributed by atoms with E-state index >= 15 is 0 Å². The van der Waals surface area contributed by atoms with Gasteiger partial charge in [0, 0.05) is 52.9 Å². The molecule has 7 nitrogen and oxygen atoms in total. The van der Waals surface area contributed by atoms with Crippen LogP contribution in [0.5, 0.6) is 0 Å². The van der Waals surface area contributed by atoms with E-state index in [0.29, 0.717) is 0 Å². The van der Waals surface area contributed by atoms with Crippen molar-refractivity contribution in [3.63, 3.8) is 0 Å². The molecular formula is C20H39N5O2. The van der Waals surface area contributed by atoms with Gasteiger partial charge in [-0.25, -0.2) is 4.79 Å². The number of nitrogens with zero attached hydrogens (tertiary/aromatic N) is 4. The van der Waals surface area contributed by atoms with Gasteiger partial charge < -0.3 is 19.9 Å². The molecule has 156 valence electrons. The van der Waals surface area contributed by atoms with Crippen LogP contribution in [-0.4, -0.2) is 91.8 Å². The van der Waals surface area contributed by atoms with E-state index in [9.17, 15) is 4.79 Å². The molecule has 0 bridgehead atoms. The molecule has 0 aromatic heterocycles. The van der Waals surface area contributed by atoms with Crippen molar-refractivity contribution >= 4 is 12.1 Å².